The maximum absolute atomic E-state index is 5.70. The smallest absolute Gasteiger partial charge is 1.00 e. The summed E-state index contributed by atoms with van der Waals surface area (Å²) in [5.41, 5.74) is 15.1. The van der Waals surface area contributed by atoms with Crippen molar-refractivity contribution in [3.05, 3.63) is 48.5 Å². The zero-order valence-corrected chi connectivity index (χ0v) is 10.8. The van der Waals surface area contributed by atoms with Gasteiger partial charge in [0.15, 0.2) is 0 Å². The minimum absolute atomic E-state index is 0. The average molecular weight is 208 g/mol. The number of rotatable bonds is 1. The van der Waals surface area contributed by atoms with Crippen LogP contribution in [0, 0.1) is 0 Å². The van der Waals surface area contributed by atoms with Crippen LogP contribution in [0.3, 0.4) is 0 Å². The van der Waals surface area contributed by atoms with Gasteiger partial charge in [0.2, 0.25) is 0 Å². The van der Waals surface area contributed by atoms with Gasteiger partial charge in [0.1, 0.15) is 0 Å². The number of nitrogens with two attached hydrogens (primary N) is 2. The molecule has 0 spiro atoms. The average Bonchev–Trinajstić information content (AvgIpc) is 2.18. The van der Waals surface area contributed by atoms with Gasteiger partial charge in [-0.25, -0.2) is 0 Å². The minimum atomic E-state index is 0. The van der Waals surface area contributed by atoms with E-state index in [0.717, 1.165) is 22.5 Å². The van der Waals surface area contributed by atoms with E-state index in [4.69, 9.17) is 11.5 Å². The van der Waals surface area contributed by atoms with E-state index in [1.54, 1.807) is 0 Å². The van der Waals surface area contributed by atoms with Crippen molar-refractivity contribution in [1.82, 2.24) is 0 Å². The molecule has 0 aromatic heterocycles. The Balaban J connectivity index is 0.00000112. The molecule has 0 fully saturated rings. The number of anilines is 2. The molecule has 0 aliphatic carbocycles. The molecule has 2 aromatic carbocycles. The van der Waals surface area contributed by atoms with Crippen LogP contribution >= 0.6 is 0 Å². The van der Waals surface area contributed by atoms with Crippen LogP contribution in [0.2, 0.25) is 0 Å². The first-order valence-electron chi connectivity index (χ1n) is 4.47. The Bertz CT molecular complexity index is 417. The molecule has 2 rings (SSSR count). The first kappa shape index (κ1) is 12.1. The van der Waals surface area contributed by atoms with Crippen LogP contribution < -0.4 is 41.0 Å². The summed E-state index contributed by atoms with van der Waals surface area (Å²) in [6, 6.07) is 15.5. The monoisotopic (exact) mass is 208 g/mol. The Kier molecular flexibility index (Phi) is 4.21. The van der Waals surface area contributed by atoms with E-state index in [-0.39, 0.29) is 31.0 Å². The standard InChI is InChI=1S/C12H12N2.Na.H/c13-11-5-1-3-9(7-11)10-4-2-6-12(14)8-10;;/h1-8H,13-14H2;;/q;+1;-1. The van der Waals surface area contributed by atoms with E-state index < -0.39 is 0 Å². The topological polar surface area (TPSA) is 52.0 Å². The molecule has 0 amide bonds. The molecule has 72 valence electrons. The molecule has 0 aliphatic rings. The number of hydrogen-bond acceptors (Lipinski definition) is 2. The van der Waals surface area contributed by atoms with E-state index in [1.807, 2.05) is 48.5 Å². The first-order chi connectivity index (χ1) is 6.75. The fraction of sp³-hybridized carbons (Fsp3) is 0. The van der Waals surface area contributed by atoms with Crippen molar-refractivity contribution < 1.29 is 31.0 Å². The predicted octanol–water partition coefficient (Wildman–Crippen LogP) is -0.365. The molecule has 0 unspecified atom stereocenters. The van der Waals surface area contributed by atoms with Crippen LogP contribution in [0.1, 0.15) is 1.43 Å². The van der Waals surface area contributed by atoms with Gasteiger partial charge in [-0.1, -0.05) is 24.3 Å². The van der Waals surface area contributed by atoms with Gasteiger partial charge in [0.05, 0.1) is 0 Å². The van der Waals surface area contributed by atoms with Crippen LogP contribution in [0.5, 0.6) is 0 Å². The molecule has 3 heteroatoms. The summed E-state index contributed by atoms with van der Waals surface area (Å²) in [6.07, 6.45) is 0. The molecule has 0 saturated heterocycles. The van der Waals surface area contributed by atoms with E-state index in [0.29, 0.717) is 0 Å². The predicted molar refractivity (Wildman–Crippen MR) is 61.8 cm³/mol. The van der Waals surface area contributed by atoms with Crippen molar-refractivity contribution in [2.45, 2.75) is 0 Å². The van der Waals surface area contributed by atoms with Crippen molar-refractivity contribution in [3.8, 4) is 11.1 Å². The Hall–Kier alpha value is -0.960. The van der Waals surface area contributed by atoms with Crippen LogP contribution in [0.25, 0.3) is 11.1 Å². The van der Waals surface area contributed by atoms with Gasteiger partial charge in [-0.2, -0.15) is 0 Å². The molecule has 0 bridgehead atoms. The summed E-state index contributed by atoms with van der Waals surface area (Å²) in [6.45, 7) is 0. The molecule has 0 heterocycles. The molecule has 2 aromatic rings. The van der Waals surface area contributed by atoms with Gasteiger partial charge in [0, 0.05) is 11.4 Å². The largest absolute Gasteiger partial charge is 1.00 e. The van der Waals surface area contributed by atoms with Gasteiger partial charge in [-0.15, -0.1) is 0 Å². The quantitative estimate of drug-likeness (QED) is 0.496. The summed E-state index contributed by atoms with van der Waals surface area (Å²) in [4.78, 5) is 0. The van der Waals surface area contributed by atoms with Crippen molar-refractivity contribution >= 4 is 11.4 Å². The third-order valence-electron chi connectivity index (χ3n) is 2.11. The Morgan fingerprint density at radius 1 is 0.733 bits per heavy atom. The van der Waals surface area contributed by atoms with Gasteiger partial charge < -0.3 is 12.9 Å². The second-order valence-corrected chi connectivity index (χ2v) is 3.25. The zero-order chi connectivity index (χ0) is 9.97. The second-order valence-electron chi connectivity index (χ2n) is 3.25. The molecule has 4 N–H and O–H groups in total. The Morgan fingerprint density at radius 2 is 1.13 bits per heavy atom. The van der Waals surface area contributed by atoms with Gasteiger partial charge in [0.25, 0.3) is 0 Å². The normalized spacial score (nSPS) is 9.33. The van der Waals surface area contributed by atoms with Crippen LogP contribution in [-0.4, -0.2) is 0 Å². The Morgan fingerprint density at radius 3 is 1.47 bits per heavy atom. The van der Waals surface area contributed by atoms with E-state index in [9.17, 15) is 0 Å². The number of nitrogen functional groups attached to an aromatic ring is 2. The second kappa shape index (κ2) is 5.21. The molecule has 0 radical (unpaired) electrons. The van der Waals surface area contributed by atoms with E-state index >= 15 is 0 Å². The van der Waals surface area contributed by atoms with Crippen LogP contribution in [0.4, 0.5) is 11.4 Å². The van der Waals surface area contributed by atoms with Crippen LogP contribution in [-0.2, 0) is 0 Å². The van der Waals surface area contributed by atoms with Gasteiger partial charge in [-0.3, -0.25) is 0 Å². The fourth-order valence-electron chi connectivity index (χ4n) is 1.44. The van der Waals surface area contributed by atoms with Crippen molar-refractivity contribution in [2.24, 2.45) is 0 Å². The maximum atomic E-state index is 5.70. The molecule has 0 saturated carbocycles. The van der Waals surface area contributed by atoms with Gasteiger partial charge in [-0.05, 0) is 35.4 Å². The summed E-state index contributed by atoms with van der Waals surface area (Å²) in [5.74, 6) is 0. The third-order valence-corrected chi connectivity index (χ3v) is 2.11. The summed E-state index contributed by atoms with van der Waals surface area (Å²) in [5, 5.41) is 0. The molecule has 0 aliphatic heterocycles. The summed E-state index contributed by atoms with van der Waals surface area (Å²) in [7, 11) is 0. The van der Waals surface area contributed by atoms with Crippen LogP contribution in [0.15, 0.2) is 48.5 Å². The summed E-state index contributed by atoms with van der Waals surface area (Å²) >= 11 is 0. The molecule has 2 nitrogen and oxygen atoms in total. The molecule has 0 atom stereocenters. The van der Waals surface area contributed by atoms with Crippen molar-refractivity contribution in [2.75, 3.05) is 11.5 Å². The Labute approximate surface area is 113 Å². The van der Waals surface area contributed by atoms with Crippen molar-refractivity contribution in [1.29, 1.82) is 0 Å². The zero-order valence-electron chi connectivity index (χ0n) is 9.77. The fourth-order valence-corrected chi connectivity index (χ4v) is 1.44. The molecular formula is C12H13N2Na. The van der Waals surface area contributed by atoms with E-state index in [1.165, 1.54) is 0 Å². The SMILES string of the molecule is Nc1cccc(-c2cccc(N)c2)c1.[H-].[Na+]. The van der Waals surface area contributed by atoms with Gasteiger partial charge >= 0.3 is 29.6 Å². The summed E-state index contributed by atoms with van der Waals surface area (Å²) < 4.78 is 0. The van der Waals surface area contributed by atoms with E-state index in [2.05, 4.69) is 0 Å². The molecular weight excluding hydrogens is 195 g/mol. The van der Waals surface area contributed by atoms with Crippen molar-refractivity contribution in [3.63, 3.8) is 0 Å². The first-order valence-corrected chi connectivity index (χ1v) is 4.47. The number of benzene rings is 2. The molecule has 15 heavy (non-hydrogen) atoms. The maximum Gasteiger partial charge on any atom is 1.00 e. The number of hydrogen-bond donors (Lipinski definition) is 2. The third kappa shape index (κ3) is 2.99. The minimum Gasteiger partial charge on any atom is -1.00 e.